The maximum atomic E-state index is 13.1. The highest BCUT2D eigenvalue weighted by molar-refractivity contribution is 5.84. The number of hydrogen-bond donors (Lipinski definition) is 2. The summed E-state index contributed by atoms with van der Waals surface area (Å²) in [6.07, 6.45) is 6.88. The Balaban J connectivity index is 1.83. The summed E-state index contributed by atoms with van der Waals surface area (Å²) >= 11 is 0. The number of pyridine rings is 2. The van der Waals surface area contributed by atoms with Gasteiger partial charge in [0.1, 0.15) is 17.5 Å². The Kier molecular flexibility index (Phi) is 7.13. The number of nitrogens with one attached hydrogen (secondary N) is 2. The summed E-state index contributed by atoms with van der Waals surface area (Å²) in [4.78, 5) is 21.2. The van der Waals surface area contributed by atoms with E-state index in [1.54, 1.807) is 51.1 Å². The van der Waals surface area contributed by atoms with Gasteiger partial charge in [-0.1, -0.05) is 6.07 Å². The standard InChI is InChI=1S/C22H24N4O3/c1-28-18-5-6-20(29-2)19(12-18)21(25-15-17-4-3-9-24-13-17)22(27)26-14-16-7-10-23-11-8-16/h3-13,21,25H,14-15H2,1-2H3,(H,26,27). The first-order valence-corrected chi connectivity index (χ1v) is 9.22. The second-order valence-corrected chi connectivity index (χ2v) is 6.36. The van der Waals surface area contributed by atoms with Crippen LogP contribution >= 0.6 is 0 Å². The molecule has 7 heteroatoms. The molecule has 0 saturated heterocycles. The molecular weight excluding hydrogens is 368 g/mol. The van der Waals surface area contributed by atoms with Gasteiger partial charge in [-0.15, -0.1) is 0 Å². The molecule has 29 heavy (non-hydrogen) atoms. The van der Waals surface area contributed by atoms with E-state index < -0.39 is 6.04 Å². The second-order valence-electron chi connectivity index (χ2n) is 6.36. The number of ether oxygens (including phenoxy) is 2. The molecule has 3 rings (SSSR count). The lowest BCUT2D eigenvalue weighted by atomic mass is 10.0. The quantitative estimate of drug-likeness (QED) is 0.582. The van der Waals surface area contributed by atoms with Gasteiger partial charge in [-0.3, -0.25) is 20.1 Å². The largest absolute Gasteiger partial charge is 0.497 e. The first kappa shape index (κ1) is 20.3. The number of nitrogens with zero attached hydrogens (tertiary/aromatic N) is 2. The number of rotatable bonds is 9. The summed E-state index contributed by atoms with van der Waals surface area (Å²) in [6.45, 7) is 0.875. The van der Waals surface area contributed by atoms with Crippen LogP contribution in [0.4, 0.5) is 0 Å². The van der Waals surface area contributed by atoms with Crippen LogP contribution in [-0.2, 0) is 17.9 Å². The van der Waals surface area contributed by atoms with Crippen molar-refractivity contribution >= 4 is 5.91 Å². The normalized spacial score (nSPS) is 11.5. The summed E-state index contributed by atoms with van der Waals surface area (Å²) in [5.41, 5.74) is 2.64. The zero-order valence-electron chi connectivity index (χ0n) is 16.5. The van der Waals surface area contributed by atoms with Crippen LogP contribution in [0.2, 0.25) is 0 Å². The van der Waals surface area contributed by atoms with Crippen LogP contribution < -0.4 is 20.1 Å². The molecule has 0 aliphatic heterocycles. The van der Waals surface area contributed by atoms with E-state index >= 15 is 0 Å². The van der Waals surface area contributed by atoms with E-state index in [4.69, 9.17) is 9.47 Å². The Morgan fingerprint density at radius 3 is 2.48 bits per heavy atom. The molecule has 0 radical (unpaired) electrons. The van der Waals surface area contributed by atoms with E-state index in [2.05, 4.69) is 20.6 Å². The first-order valence-electron chi connectivity index (χ1n) is 9.22. The number of methoxy groups -OCH3 is 2. The molecule has 1 amide bonds. The number of carbonyl (C=O) groups excluding carboxylic acids is 1. The SMILES string of the molecule is COc1ccc(OC)c(C(NCc2cccnc2)C(=O)NCc2ccncc2)c1. The van der Waals surface area contributed by atoms with Crippen molar-refractivity contribution in [1.82, 2.24) is 20.6 Å². The predicted octanol–water partition coefficient (Wildman–Crippen LogP) is 2.64. The molecule has 1 aromatic carbocycles. The zero-order valence-corrected chi connectivity index (χ0v) is 16.5. The van der Waals surface area contributed by atoms with Gasteiger partial charge in [0, 0.05) is 43.4 Å². The molecule has 2 heterocycles. The minimum absolute atomic E-state index is 0.169. The summed E-state index contributed by atoms with van der Waals surface area (Å²) in [5.74, 6) is 1.08. The van der Waals surface area contributed by atoms with Crippen LogP contribution in [0.3, 0.4) is 0 Å². The molecule has 0 saturated carbocycles. The average Bonchev–Trinajstić information content (AvgIpc) is 2.79. The van der Waals surface area contributed by atoms with Crippen molar-refractivity contribution in [3.8, 4) is 11.5 Å². The van der Waals surface area contributed by atoms with Crippen LogP contribution in [0, 0.1) is 0 Å². The van der Waals surface area contributed by atoms with Crippen LogP contribution in [0.25, 0.3) is 0 Å². The van der Waals surface area contributed by atoms with E-state index in [1.807, 2.05) is 30.3 Å². The fourth-order valence-corrected chi connectivity index (χ4v) is 2.92. The minimum Gasteiger partial charge on any atom is -0.497 e. The zero-order chi connectivity index (χ0) is 20.5. The highest BCUT2D eigenvalue weighted by Gasteiger charge is 2.24. The second kappa shape index (κ2) is 10.2. The third-order valence-corrected chi connectivity index (χ3v) is 4.46. The van der Waals surface area contributed by atoms with E-state index in [-0.39, 0.29) is 5.91 Å². The van der Waals surface area contributed by atoms with Gasteiger partial charge in [0.25, 0.3) is 0 Å². The molecule has 150 valence electrons. The van der Waals surface area contributed by atoms with Gasteiger partial charge in [0.2, 0.25) is 5.91 Å². The van der Waals surface area contributed by atoms with E-state index in [0.29, 0.717) is 30.2 Å². The molecule has 7 nitrogen and oxygen atoms in total. The maximum absolute atomic E-state index is 13.1. The number of hydrogen-bond acceptors (Lipinski definition) is 6. The van der Waals surface area contributed by atoms with E-state index in [1.165, 1.54) is 0 Å². The van der Waals surface area contributed by atoms with Crippen molar-refractivity contribution in [1.29, 1.82) is 0 Å². The minimum atomic E-state index is -0.637. The molecule has 0 aliphatic rings. The third-order valence-electron chi connectivity index (χ3n) is 4.46. The fourth-order valence-electron chi connectivity index (χ4n) is 2.92. The molecule has 3 aromatic rings. The first-order chi connectivity index (χ1) is 14.2. The van der Waals surface area contributed by atoms with E-state index in [0.717, 1.165) is 11.1 Å². The average molecular weight is 392 g/mol. The van der Waals surface area contributed by atoms with Crippen LogP contribution in [0.15, 0.2) is 67.3 Å². The van der Waals surface area contributed by atoms with Gasteiger partial charge in [-0.05, 0) is 47.5 Å². The monoisotopic (exact) mass is 392 g/mol. The summed E-state index contributed by atoms with van der Waals surface area (Å²) in [6, 6.07) is 12.3. The van der Waals surface area contributed by atoms with E-state index in [9.17, 15) is 4.79 Å². The Morgan fingerprint density at radius 1 is 0.966 bits per heavy atom. The molecule has 0 bridgehead atoms. The van der Waals surface area contributed by atoms with Gasteiger partial charge in [0.15, 0.2) is 0 Å². The molecule has 0 aliphatic carbocycles. The van der Waals surface area contributed by atoms with Gasteiger partial charge >= 0.3 is 0 Å². The smallest absolute Gasteiger partial charge is 0.242 e. The Hall–Kier alpha value is -3.45. The van der Waals surface area contributed by atoms with Gasteiger partial charge in [0.05, 0.1) is 14.2 Å². The van der Waals surface area contributed by atoms with Gasteiger partial charge in [-0.25, -0.2) is 0 Å². The van der Waals surface area contributed by atoms with Crippen molar-refractivity contribution in [3.63, 3.8) is 0 Å². The molecule has 1 atom stereocenters. The molecular formula is C22H24N4O3. The van der Waals surface area contributed by atoms with Gasteiger partial charge < -0.3 is 14.8 Å². The van der Waals surface area contributed by atoms with Crippen molar-refractivity contribution in [2.24, 2.45) is 0 Å². The van der Waals surface area contributed by atoms with Crippen LogP contribution in [0.5, 0.6) is 11.5 Å². The molecule has 2 aromatic heterocycles. The van der Waals surface area contributed by atoms with Gasteiger partial charge in [-0.2, -0.15) is 0 Å². The lowest BCUT2D eigenvalue weighted by Crippen LogP contribution is -2.37. The number of amides is 1. The highest BCUT2D eigenvalue weighted by Crippen LogP contribution is 2.30. The molecule has 1 unspecified atom stereocenters. The number of aromatic nitrogens is 2. The lowest BCUT2D eigenvalue weighted by Gasteiger charge is -2.21. The highest BCUT2D eigenvalue weighted by atomic mass is 16.5. The maximum Gasteiger partial charge on any atom is 0.242 e. The summed E-state index contributed by atoms with van der Waals surface area (Å²) < 4.78 is 10.8. The van der Waals surface area contributed by atoms with Crippen molar-refractivity contribution in [2.45, 2.75) is 19.1 Å². The fraction of sp³-hybridized carbons (Fsp3) is 0.227. The number of carbonyl (C=O) groups is 1. The summed E-state index contributed by atoms with van der Waals surface area (Å²) in [5, 5.41) is 6.30. The van der Waals surface area contributed by atoms with Crippen molar-refractivity contribution < 1.29 is 14.3 Å². The molecule has 0 fully saturated rings. The van der Waals surface area contributed by atoms with Crippen LogP contribution in [-0.4, -0.2) is 30.1 Å². The van der Waals surface area contributed by atoms with Crippen molar-refractivity contribution in [3.05, 3.63) is 83.9 Å². The summed E-state index contributed by atoms with van der Waals surface area (Å²) in [7, 11) is 3.17. The Bertz CT molecular complexity index is 920. The Morgan fingerprint density at radius 2 is 1.79 bits per heavy atom. The Labute approximate surface area is 170 Å². The molecule has 2 N–H and O–H groups in total. The van der Waals surface area contributed by atoms with Crippen molar-refractivity contribution in [2.75, 3.05) is 14.2 Å². The topological polar surface area (TPSA) is 85.4 Å². The lowest BCUT2D eigenvalue weighted by molar-refractivity contribution is -0.123. The predicted molar refractivity (Wildman–Crippen MR) is 109 cm³/mol. The van der Waals surface area contributed by atoms with Crippen LogP contribution in [0.1, 0.15) is 22.7 Å². The third kappa shape index (κ3) is 5.52. The molecule has 0 spiro atoms. The number of benzene rings is 1.